The van der Waals surface area contributed by atoms with Crippen molar-refractivity contribution in [2.24, 2.45) is 0 Å². The van der Waals surface area contributed by atoms with E-state index in [9.17, 15) is 0 Å². The van der Waals surface area contributed by atoms with Crippen LogP contribution in [-0.2, 0) is 5.41 Å². The summed E-state index contributed by atoms with van der Waals surface area (Å²) in [5, 5.41) is 3.35. The van der Waals surface area contributed by atoms with Gasteiger partial charge in [-0.2, -0.15) is 0 Å². The van der Waals surface area contributed by atoms with E-state index in [4.69, 9.17) is 9.40 Å². The molecule has 0 saturated heterocycles. The Kier molecular flexibility index (Phi) is 6.26. The molecule has 0 atom stereocenters. The predicted molar refractivity (Wildman–Crippen MR) is 225 cm³/mol. The second-order valence-corrected chi connectivity index (χ2v) is 14.7. The molecule has 0 amide bonds. The third-order valence-corrected chi connectivity index (χ3v) is 11.9. The number of aromatic nitrogens is 1. The van der Waals surface area contributed by atoms with E-state index in [1.54, 1.807) is 0 Å². The summed E-state index contributed by atoms with van der Waals surface area (Å²) in [7, 11) is 0. The van der Waals surface area contributed by atoms with E-state index in [0.29, 0.717) is 0 Å². The first kappa shape index (κ1) is 30.3. The lowest BCUT2D eigenvalue weighted by Crippen LogP contribution is -2.26. The molecular formula is C52H32N2O. The van der Waals surface area contributed by atoms with E-state index in [2.05, 4.69) is 193 Å². The number of hydrogen-bond donors (Lipinski definition) is 0. The highest BCUT2D eigenvalue weighted by Crippen LogP contribution is 2.63. The van der Waals surface area contributed by atoms with Crippen LogP contribution in [0.4, 0.5) is 17.1 Å². The van der Waals surface area contributed by atoms with Crippen molar-refractivity contribution >= 4 is 49.9 Å². The first-order chi connectivity index (χ1) is 27.3. The van der Waals surface area contributed by atoms with E-state index in [1.807, 2.05) is 6.20 Å². The van der Waals surface area contributed by atoms with Crippen LogP contribution < -0.4 is 4.90 Å². The van der Waals surface area contributed by atoms with Gasteiger partial charge in [0.2, 0.25) is 0 Å². The van der Waals surface area contributed by atoms with Gasteiger partial charge in [0.1, 0.15) is 11.1 Å². The van der Waals surface area contributed by atoms with Crippen LogP contribution in [0.2, 0.25) is 0 Å². The Bertz CT molecular complexity index is 3090. The molecule has 55 heavy (non-hydrogen) atoms. The quantitative estimate of drug-likeness (QED) is 0.183. The number of hydrogen-bond acceptors (Lipinski definition) is 3. The predicted octanol–water partition coefficient (Wildman–Crippen LogP) is 13.6. The lowest BCUT2D eigenvalue weighted by atomic mass is 9.70. The average molecular weight is 701 g/mol. The molecule has 0 N–H and O–H groups in total. The van der Waals surface area contributed by atoms with Crippen molar-refractivity contribution in [3.05, 3.63) is 217 Å². The molecule has 0 unspecified atom stereocenters. The number of rotatable bonds is 4. The van der Waals surface area contributed by atoms with Crippen molar-refractivity contribution in [1.29, 1.82) is 0 Å². The Morgan fingerprint density at radius 2 is 0.945 bits per heavy atom. The number of anilines is 3. The molecule has 10 aromatic rings. The van der Waals surface area contributed by atoms with Gasteiger partial charge in [0.15, 0.2) is 5.58 Å². The lowest BCUT2D eigenvalue weighted by molar-refractivity contribution is 0.668. The average Bonchev–Trinajstić information content (AvgIpc) is 3.86. The van der Waals surface area contributed by atoms with Crippen molar-refractivity contribution in [3.63, 3.8) is 0 Å². The second-order valence-electron chi connectivity index (χ2n) is 14.7. The summed E-state index contributed by atoms with van der Waals surface area (Å²) in [6.45, 7) is 0. The summed E-state index contributed by atoms with van der Waals surface area (Å²) in [6.07, 6.45) is 2.00. The van der Waals surface area contributed by atoms with Crippen LogP contribution in [0.15, 0.2) is 199 Å². The molecule has 8 aromatic carbocycles. The van der Waals surface area contributed by atoms with E-state index in [1.165, 1.54) is 61.0 Å². The molecular weight excluding hydrogens is 669 g/mol. The zero-order valence-electron chi connectivity index (χ0n) is 29.8. The SMILES string of the molecule is c1ccc(-c2ccc(N(c3ccc4c(c3)C3(c5ccccc5-c5ccccc53)c3ccccc3-4)c3cnc4c(c3)oc3cc5ccccc5cc34)cc2)cc1. The van der Waals surface area contributed by atoms with Crippen molar-refractivity contribution < 1.29 is 4.42 Å². The van der Waals surface area contributed by atoms with Gasteiger partial charge >= 0.3 is 0 Å². The third-order valence-electron chi connectivity index (χ3n) is 11.9. The Morgan fingerprint density at radius 1 is 0.400 bits per heavy atom. The van der Waals surface area contributed by atoms with Crippen molar-refractivity contribution in [2.45, 2.75) is 5.41 Å². The third kappa shape index (κ3) is 4.24. The number of fused-ring (bicyclic) bond motifs is 14. The minimum atomic E-state index is -0.444. The molecule has 12 rings (SSSR count). The maximum absolute atomic E-state index is 6.58. The zero-order valence-corrected chi connectivity index (χ0v) is 29.8. The molecule has 256 valence electrons. The largest absolute Gasteiger partial charge is 0.454 e. The van der Waals surface area contributed by atoms with E-state index < -0.39 is 5.41 Å². The van der Waals surface area contributed by atoms with Crippen LogP contribution in [0.3, 0.4) is 0 Å². The van der Waals surface area contributed by atoms with Gasteiger partial charge in [-0.05, 0) is 103 Å². The highest BCUT2D eigenvalue weighted by Gasteiger charge is 2.51. The van der Waals surface area contributed by atoms with Crippen molar-refractivity contribution in [2.75, 3.05) is 4.90 Å². The summed E-state index contributed by atoms with van der Waals surface area (Å²) in [5.41, 5.74) is 17.8. The van der Waals surface area contributed by atoms with Crippen molar-refractivity contribution in [1.82, 2.24) is 4.98 Å². The van der Waals surface area contributed by atoms with Crippen LogP contribution in [0, 0.1) is 0 Å². The van der Waals surface area contributed by atoms with Crippen LogP contribution in [0.5, 0.6) is 0 Å². The molecule has 0 fully saturated rings. The molecule has 3 nitrogen and oxygen atoms in total. The molecule has 3 heteroatoms. The Hall–Kier alpha value is -7.23. The molecule has 0 aliphatic heterocycles. The fraction of sp³-hybridized carbons (Fsp3) is 0.0192. The smallest absolute Gasteiger partial charge is 0.155 e. The Labute approximate surface area is 318 Å². The van der Waals surface area contributed by atoms with Gasteiger partial charge in [-0.3, -0.25) is 0 Å². The number of benzene rings is 8. The maximum atomic E-state index is 6.58. The minimum Gasteiger partial charge on any atom is -0.454 e. The molecule has 1 spiro atoms. The summed E-state index contributed by atoms with van der Waals surface area (Å²) >= 11 is 0. The van der Waals surface area contributed by atoms with Gasteiger partial charge < -0.3 is 9.32 Å². The molecule has 2 aliphatic rings. The summed E-state index contributed by atoms with van der Waals surface area (Å²) in [4.78, 5) is 7.44. The zero-order chi connectivity index (χ0) is 36.1. The number of pyridine rings is 1. The number of furan rings is 1. The Morgan fingerprint density at radius 3 is 1.62 bits per heavy atom. The first-order valence-electron chi connectivity index (χ1n) is 18.9. The summed E-state index contributed by atoms with van der Waals surface area (Å²) in [6, 6.07) is 68.2. The molecule has 2 aromatic heterocycles. The summed E-state index contributed by atoms with van der Waals surface area (Å²) < 4.78 is 6.58. The molecule has 0 saturated carbocycles. The topological polar surface area (TPSA) is 29.3 Å². The maximum Gasteiger partial charge on any atom is 0.155 e. The molecule has 0 radical (unpaired) electrons. The van der Waals surface area contributed by atoms with Gasteiger partial charge in [-0.15, -0.1) is 0 Å². The van der Waals surface area contributed by atoms with E-state index in [-0.39, 0.29) is 0 Å². The minimum absolute atomic E-state index is 0.444. The highest BCUT2D eigenvalue weighted by atomic mass is 16.3. The van der Waals surface area contributed by atoms with Gasteiger partial charge in [0.05, 0.1) is 17.3 Å². The summed E-state index contributed by atoms with van der Waals surface area (Å²) in [5.74, 6) is 0. The lowest BCUT2D eigenvalue weighted by Gasteiger charge is -2.32. The molecule has 2 heterocycles. The highest BCUT2D eigenvalue weighted by molar-refractivity contribution is 6.09. The standard InChI is InChI=1S/C52H32N2O/c1-2-12-33(13-3-1)34-22-24-37(25-23-34)54(39-31-50-51(53-32-39)44-28-35-14-4-5-15-36(35)29-49(44)55-50)38-26-27-43-42-18-8-11-21-47(42)52(48(43)30-38)45-19-9-6-16-40(45)41-17-7-10-20-46(41)52/h1-32H. The van der Waals surface area contributed by atoms with Gasteiger partial charge in [-0.1, -0.05) is 146 Å². The number of nitrogens with zero attached hydrogens (tertiary/aromatic N) is 2. The molecule has 2 aliphatic carbocycles. The Balaban J connectivity index is 1.09. The molecule has 0 bridgehead atoms. The van der Waals surface area contributed by atoms with Crippen LogP contribution in [-0.4, -0.2) is 4.98 Å². The normalized spacial score (nSPS) is 13.2. The monoisotopic (exact) mass is 700 g/mol. The second kappa shape index (κ2) is 11.4. The van der Waals surface area contributed by atoms with Gasteiger partial charge in [-0.25, -0.2) is 4.98 Å². The van der Waals surface area contributed by atoms with E-state index in [0.717, 1.165) is 44.5 Å². The van der Waals surface area contributed by atoms with Crippen LogP contribution in [0.1, 0.15) is 22.3 Å². The van der Waals surface area contributed by atoms with Gasteiger partial charge in [0.25, 0.3) is 0 Å². The first-order valence-corrected chi connectivity index (χ1v) is 18.9. The fourth-order valence-corrected chi connectivity index (χ4v) is 9.55. The van der Waals surface area contributed by atoms with Crippen LogP contribution in [0.25, 0.3) is 66.2 Å². The van der Waals surface area contributed by atoms with Gasteiger partial charge in [0, 0.05) is 22.8 Å². The van der Waals surface area contributed by atoms with Crippen molar-refractivity contribution in [3.8, 4) is 33.4 Å². The van der Waals surface area contributed by atoms with E-state index >= 15 is 0 Å². The fourth-order valence-electron chi connectivity index (χ4n) is 9.55. The van der Waals surface area contributed by atoms with Crippen LogP contribution >= 0.6 is 0 Å².